The summed E-state index contributed by atoms with van der Waals surface area (Å²) in [5, 5.41) is 9.80. The third kappa shape index (κ3) is 5.36. The van der Waals surface area contributed by atoms with Crippen molar-refractivity contribution in [2.24, 2.45) is 10.2 Å². The smallest absolute Gasteiger partial charge is 0.135 e. The molecule has 4 aliphatic heterocycles. The zero-order valence-electron chi connectivity index (χ0n) is 26.4. The van der Waals surface area contributed by atoms with E-state index in [1.54, 1.807) is 0 Å². The molecule has 16 bridgehead atoms. The Balaban J connectivity index is 1.20. The minimum absolute atomic E-state index is 0.591. The molecule has 4 N–H and O–H groups in total. The quantitative estimate of drug-likeness (QED) is 0.139. The van der Waals surface area contributed by atoms with Crippen LogP contribution in [0.15, 0.2) is 95.2 Å². The molecule has 0 aromatic carbocycles. The van der Waals surface area contributed by atoms with Gasteiger partial charge in [-0.25, -0.2) is 19.9 Å². The second kappa shape index (κ2) is 11.2. The number of H-pyrrole nitrogens is 4. The largest absolute Gasteiger partial charge is 0.355 e. The molecule has 6 aromatic heterocycles. The Morgan fingerprint density at radius 2 is 0.620 bits per heavy atom. The van der Waals surface area contributed by atoms with Crippen molar-refractivity contribution >= 4 is 104 Å². The Morgan fingerprint density at radius 1 is 0.320 bits per heavy atom. The number of nitrogens with zero attached hydrogens (tertiary/aromatic N) is 6. The Kier molecular flexibility index (Phi) is 6.25. The predicted octanol–water partition coefficient (Wildman–Crippen LogP) is 10.0. The molecule has 4 aliphatic rings. The third-order valence-electron chi connectivity index (χ3n) is 8.63. The fourth-order valence-corrected chi connectivity index (χ4v) is 6.30. The van der Waals surface area contributed by atoms with Crippen LogP contribution >= 0.6 is 0 Å². The number of rotatable bonds is 2. The van der Waals surface area contributed by atoms with Gasteiger partial charge in [0, 0.05) is 33.1 Å². The molecule has 10 nitrogen and oxygen atoms in total. The van der Waals surface area contributed by atoms with Gasteiger partial charge in [-0.1, -0.05) is 0 Å². The summed E-state index contributed by atoms with van der Waals surface area (Å²) in [5.74, 6) is 0. The van der Waals surface area contributed by atoms with Crippen LogP contribution in [0.4, 0.5) is 11.4 Å². The number of hydrogen-bond donors (Lipinski definition) is 4. The van der Waals surface area contributed by atoms with Crippen molar-refractivity contribution in [2.75, 3.05) is 0 Å². The molecular formula is C40H26N10. The maximum atomic E-state index is 4.95. The zero-order chi connectivity index (χ0) is 33.0. The summed E-state index contributed by atoms with van der Waals surface area (Å²) in [5.41, 5.74) is 14.7. The van der Waals surface area contributed by atoms with Gasteiger partial charge in [-0.2, -0.15) is 0 Å². The van der Waals surface area contributed by atoms with Gasteiger partial charge in [0.15, 0.2) is 0 Å². The molecule has 236 valence electrons. The highest BCUT2D eigenvalue weighted by Crippen LogP contribution is 2.33. The van der Waals surface area contributed by atoms with Crippen LogP contribution in [0.25, 0.3) is 92.7 Å². The number of nitrogens with one attached hydrogen (secondary N) is 4. The normalized spacial score (nSPS) is 13.2. The maximum absolute atomic E-state index is 4.95. The fourth-order valence-electron chi connectivity index (χ4n) is 6.30. The van der Waals surface area contributed by atoms with Gasteiger partial charge in [0.25, 0.3) is 0 Å². The molecule has 10 heteroatoms. The van der Waals surface area contributed by atoms with Crippen molar-refractivity contribution in [1.82, 2.24) is 39.9 Å². The first kappa shape index (κ1) is 27.9. The first-order valence-corrected chi connectivity index (χ1v) is 16.2. The van der Waals surface area contributed by atoms with Gasteiger partial charge in [0.05, 0.1) is 56.6 Å². The Bertz CT molecular complexity index is 2690. The lowest BCUT2D eigenvalue weighted by Gasteiger charge is -1.98. The molecule has 0 unspecified atom stereocenters. The molecule has 0 saturated carbocycles. The number of azo groups is 1. The lowest BCUT2D eigenvalue weighted by molar-refractivity contribution is 1.19. The Labute approximate surface area is 284 Å². The van der Waals surface area contributed by atoms with E-state index in [0.717, 1.165) is 78.3 Å². The molecular weight excluding hydrogens is 621 g/mol. The fraction of sp³-hybridized carbons (Fsp3) is 0. The number of fused-ring (bicyclic) bond motifs is 16. The van der Waals surface area contributed by atoms with Crippen LogP contribution in [0.1, 0.15) is 45.6 Å². The zero-order valence-corrected chi connectivity index (χ0v) is 26.4. The predicted molar refractivity (Wildman–Crippen MR) is 202 cm³/mol. The van der Waals surface area contributed by atoms with E-state index in [1.807, 2.05) is 134 Å². The second-order valence-electron chi connectivity index (χ2n) is 12.3. The highest BCUT2D eigenvalue weighted by atomic mass is 15.1. The average molecular weight is 647 g/mol. The van der Waals surface area contributed by atoms with E-state index >= 15 is 0 Å². The van der Waals surface area contributed by atoms with E-state index in [1.165, 1.54) is 0 Å². The van der Waals surface area contributed by atoms with Gasteiger partial charge < -0.3 is 19.9 Å². The molecule has 0 amide bonds. The highest BCUT2D eigenvalue weighted by molar-refractivity contribution is 5.88. The van der Waals surface area contributed by atoms with E-state index < -0.39 is 0 Å². The van der Waals surface area contributed by atoms with Crippen LogP contribution < -0.4 is 0 Å². The molecule has 10 heterocycles. The number of aromatic amines is 4. The van der Waals surface area contributed by atoms with Crippen molar-refractivity contribution in [1.29, 1.82) is 0 Å². The van der Waals surface area contributed by atoms with Crippen LogP contribution in [-0.2, 0) is 0 Å². The summed E-state index contributed by atoms with van der Waals surface area (Å²) in [7, 11) is 0. The molecule has 50 heavy (non-hydrogen) atoms. The molecule has 0 aliphatic carbocycles. The van der Waals surface area contributed by atoms with Gasteiger partial charge in [-0.05, 0) is 134 Å². The lowest BCUT2D eigenvalue weighted by atomic mass is 10.3. The molecule has 10 rings (SSSR count). The lowest BCUT2D eigenvalue weighted by Crippen LogP contribution is -1.80. The molecule has 6 aromatic rings. The minimum Gasteiger partial charge on any atom is -0.355 e. The van der Waals surface area contributed by atoms with Crippen LogP contribution in [0.2, 0.25) is 0 Å². The summed E-state index contributed by atoms with van der Waals surface area (Å²) in [6.07, 6.45) is 15.9. The number of hydrogen-bond acceptors (Lipinski definition) is 6. The molecule has 0 spiro atoms. The van der Waals surface area contributed by atoms with Crippen molar-refractivity contribution in [3.05, 3.63) is 130 Å². The van der Waals surface area contributed by atoms with Crippen LogP contribution in [-0.4, -0.2) is 39.9 Å². The molecule has 0 radical (unpaired) electrons. The van der Waals surface area contributed by atoms with Gasteiger partial charge >= 0.3 is 0 Å². The molecule has 0 fully saturated rings. The summed E-state index contributed by atoms with van der Waals surface area (Å²) >= 11 is 0. The molecule has 0 atom stereocenters. The van der Waals surface area contributed by atoms with Crippen molar-refractivity contribution in [3.63, 3.8) is 0 Å². The first-order valence-electron chi connectivity index (χ1n) is 16.2. The monoisotopic (exact) mass is 646 g/mol. The minimum atomic E-state index is 0.591. The van der Waals surface area contributed by atoms with Crippen molar-refractivity contribution < 1.29 is 0 Å². The number of aromatic nitrogens is 8. The summed E-state index contributed by atoms with van der Waals surface area (Å²) < 4.78 is 0. The van der Waals surface area contributed by atoms with Crippen LogP contribution in [0.3, 0.4) is 0 Å². The van der Waals surface area contributed by atoms with Crippen molar-refractivity contribution in [3.8, 4) is 0 Å². The third-order valence-corrected chi connectivity index (χ3v) is 8.63. The standard InChI is InChI=1S/C40H26N10/c1-5-27-19-31-9-13-35(45-31)39(36-14-10-32(46-36)20-28-6-2-24(42-28)17-23(1)41-27)49-50-40-37-15-11-33(47-37)21-29-7-3-25(43-29)18-26-4-8-30(44-26)22-34-12-16-38(40)48-34/h1-22,41,43,46,48H. The Morgan fingerprint density at radius 3 is 1.00 bits per heavy atom. The Hall–Kier alpha value is -7.20. The summed E-state index contributed by atoms with van der Waals surface area (Å²) in [6, 6.07) is 28.2. The van der Waals surface area contributed by atoms with E-state index in [9.17, 15) is 0 Å². The van der Waals surface area contributed by atoms with E-state index in [-0.39, 0.29) is 0 Å². The average Bonchev–Trinajstić information content (AvgIpc) is 3.94. The highest BCUT2D eigenvalue weighted by Gasteiger charge is 2.12. The second-order valence-corrected chi connectivity index (χ2v) is 12.3. The van der Waals surface area contributed by atoms with E-state index in [2.05, 4.69) is 19.9 Å². The summed E-state index contributed by atoms with van der Waals surface area (Å²) in [6.45, 7) is 0. The van der Waals surface area contributed by atoms with Gasteiger partial charge in [-0.3, -0.25) is 0 Å². The first-order chi connectivity index (χ1) is 24.6. The van der Waals surface area contributed by atoms with E-state index in [0.29, 0.717) is 22.8 Å². The van der Waals surface area contributed by atoms with Crippen LogP contribution in [0, 0.1) is 0 Å². The van der Waals surface area contributed by atoms with Gasteiger partial charge in [0.2, 0.25) is 0 Å². The van der Waals surface area contributed by atoms with E-state index in [4.69, 9.17) is 30.2 Å². The topological polar surface area (TPSA) is 139 Å². The van der Waals surface area contributed by atoms with Gasteiger partial charge in [0.1, 0.15) is 11.4 Å². The summed E-state index contributed by atoms with van der Waals surface area (Å²) in [4.78, 5) is 33.3. The molecule has 0 saturated heterocycles. The SMILES string of the molecule is C1=Cc2cc3ccc([nH]3)c(N=Nc3c4nc(cc5ccc(cc6nc(cc7ccc3[nH]7)C=C6)[nH]5)C=C4)c3nc(cc4ccc(cc1n2)[nH]4)C=C3. The van der Waals surface area contributed by atoms with Crippen molar-refractivity contribution in [2.45, 2.75) is 0 Å². The van der Waals surface area contributed by atoms with Crippen LogP contribution in [0.5, 0.6) is 0 Å². The maximum Gasteiger partial charge on any atom is 0.135 e. The van der Waals surface area contributed by atoms with Gasteiger partial charge in [-0.15, -0.1) is 10.2 Å².